The molecule has 3 N–H and O–H groups in total. The highest BCUT2D eigenvalue weighted by molar-refractivity contribution is 5.98. The van der Waals surface area contributed by atoms with E-state index in [0.717, 1.165) is 45.4 Å². The van der Waals surface area contributed by atoms with E-state index < -0.39 is 0 Å². The van der Waals surface area contributed by atoms with E-state index in [4.69, 9.17) is 4.74 Å². The number of rotatable bonds is 8. The van der Waals surface area contributed by atoms with Crippen LogP contribution in [0.5, 0.6) is 0 Å². The SMILES string of the molecule is O=C(CNc1cccc(C(=O)N2CCCC2)c1)Nc1cccc(C(=O)NCC2CCCO2)c1. The van der Waals surface area contributed by atoms with Crippen LogP contribution < -0.4 is 16.0 Å². The Bertz CT molecular complexity index is 997. The van der Waals surface area contributed by atoms with E-state index in [-0.39, 0.29) is 30.4 Å². The van der Waals surface area contributed by atoms with Crippen LogP contribution in [0.25, 0.3) is 0 Å². The monoisotopic (exact) mass is 450 g/mol. The van der Waals surface area contributed by atoms with Crippen LogP contribution in [0, 0.1) is 0 Å². The quantitative estimate of drug-likeness (QED) is 0.574. The zero-order valence-corrected chi connectivity index (χ0v) is 18.6. The normalized spacial score (nSPS) is 17.6. The summed E-state index contributed by atoms with van der Waals surface area (Å²) in [5.41, 5.74) is 2.35. The van der Waals surface area contributed by atoms with Gasteiger partial charge in [-0.3, -0.25) is 14.4 Å². The maximum absolute atomic E-state index is 12.6. The molecule has 8 nitrogen and oxygen atoms in total. The lowest BCUT2D eigenvalue weighted by Crippen LogP contribution is -2.31. The predicted octanol–water partition coefficient (Wildman–Crippen LogP) is 2.88. The largest absolute Gasteiger partial charge is 0.376 e. The van der Waals surface area contributed by atoms with Gasteiger partial charge in [0.1, 0.15) is 0 Å². The number of benzene rings is 2. The lowest BCUT2D eigenvalue weighted by molar-refractivity contribution is -0.114. The van der Waals surface area contributed by atoms with E-state index >= 15 is 0 Å². The number of anilines is 2. The second-order valence-corrected chi connectivity index (χ2v) is 8.41. The summed E-state index contributed by atoms with van der Waals surface area (Å²) in [5.74, 6) is -0.419. The average Bonchev–Trinajstić information content (AvgIpc) is 3.56. The van der Waals surface area contributed by atoms with Crippen LogP contribution in [0.3, 0.4) is 0 Å². The van der Waals surface area contributed by atoms with Crippen molar-refractivity contribution in [1.29, 1.82) is 0 Å². The molecule has 2 aromatic rings. The lowest BCUT2D eigenvalue weighted by atomic mass is 10.1. The number of likely N-dealkylation sites (tertiary alicyclic amines) is 1. The minimum Gasteiger partial charge on any atom is -0.376 e. The van der Waals surface area contributed by atoms with Gasteiger partial charge in [-0.1, -0.05) is 12.1 Å². The molecule has 2 aliphatic heterocycles. The molecule has 0 aliphatic carbocycles. The summed E-state index contributed by atoms with van der Waals surface area (Å²) in [6, 6.07) is 14.0. The third-order valence-electron chi connectivity index (χ3n) is 5.88. The zero-order valence-electron chi connectivity index (χ0n) is 18.6. The van der Waals surface area contributed by atoms with Crippen LogP contribution in [0.2, 0.25) is 0 Å². The van der Waals surface area contributed by atoms with Crippen molar-refractivity contribution >= 4 is 29.1 Å². The van der Waals surface area contributed by atoms with Crippen LogP contribution in [0.1, 0.15) is 46.4 Å². The molecule has 2 aromatic carbocycles. The van der Waals surface area contributed by atoms with Crippen LogP contribution in [-0.2, 0) is 9.53 Å². The molecule has 1 unspecified atom stereocenters. The van der Waals surface area contributed by atoms with Gasteiger partial charge in [0.2, 0.25) is 5.91 Å². The topological polar surface area (TPSA) is 99.8 Å². The van der Waals surface area contributed by atoms with Crippen molar-refractivity contribution in [3.05, 3.63) is 59.7 Å². The molecule has 2 aliphatic rings. The third kappa shape index (κ3) is 6.32. The van der Waals surface area contributed by atoms with E-state index in [9.17, 15) is 14.4 Å². The van der Waals surface area contributed by atoms with Gasteiger partial charge in [0.05, 0.1) is 12.6 Å². The number of nitrogens with zero attached hydrogens (tertiary/aromatic N) is 1. The summed E-state index contributed by atoms with van der Waals surface area (Å²) >= 11 is 0. The first kappa shape index (κ1) is 22.8. The Morgan fingerprint density at radius 2 is 1.67 bits per heavy atom. The average molecular weight is 451 g/mol. The standard InChI is InChI=1S/C25H30N4O4/c30-23(17-26-20-8-4-7-19(15-20)25(32)29-11-1-2-12-29)28-21-9-3-6-18(14-21)24(31)27-16-22-10-5-13-33-22/h3-4,6-9,14-15,22,26H,1-2,5,10-13,16-17H2,(H,27,31)(H,28,30). The summed E-state index contributed by atoms with van der Waals surface area (Å²) < 4.78 is 5.53. The van der Waals surface area contributed by atoms with Gasteiger partial charge in [-0.05, 0) is 62.1 Å². The minimum absolute atomic E-state index is 0.0233. The van der Waals surface area contributed by atoms with Crippen molar-refractivity contribution in [1.82, 2.24) is 10.2 Å². The minimum atomic E-state index is -0.247. The van der Waals surface area contributed by atoms with Crippen LogP contribution in [-0.4, -0.2) is 61.5 Å². The molecule has 2 saturated heterocycles. The van der Waals surface area contributed by atoms with Crippen molar-refractivity contribution in [2.75, 3.05) is 43.4 Å². The van der Waals surface area contributed by atoms with Gasteiger partial charge in [0.15, 0.2) is 0 Å². The van der Waals surface area contributed by atoms with Gasteiger partial charge < -0.3 is 25.6 Å². The molecule has 0 aromatic heterocycles. The summed E-state index contributed by atoms with van der Waals surface area (Å²) in [5, 5.41) is 8.75. The number of nitrogens with one attached hydrogen (secondary N) is 3. The van der Waals surface area contributed by atoms with Crippen LogP contribution in [0.15, 0.2) is 48.5 Å². The van der Waals surface area contributed by atoms with Gasteiger partial charge in [0, 0.05) is 48.7 Å². The zero-order chi connectivity index (χ0) is 23.0. The first-order chi connectivity index (χ1) is 16.1. The second-order valence-electron chi connectivity index (χ2n) is 8.41. The molecule has 1 atom stereocenters. The van der Waals surface area contributed by atoms with Crippen molar-refractivity contribution in [3.63, 3.8) is 0 Å². The summed E-state index contributed by atoms with van der Waals surface area (Å²) in [6.07, 6.45) is 4.14. The summed E-state index contributed by atoms with van der Waals surface area (Å²) in [6.45, 7) is 2.86. The van der Waals surface area contributed by atoms with Crippen LogP contribution in [0.4, 0.5) is 11.4 Å². The van der Waals surface area contributed by atoms with Crippen LogP contribution >= 0.6 is 0 Å². The van der Waals surface area contributed by atoms with Gasteiger partial charge in [-0.25, -0.2) is 0 Å². The molecule has 2 heterocycles. The summed E-state index contributed by atoms with van der Waals surface area (Å²) in [7, 11) is 0. The predicted molar refractivity (Wildman–Crippen MR) is 126 cm³/mol. The van der Waals surface area contributed by atoms with Crippen molar-refractivity contribution < 1.29 is 19.1 Å². The first-order valence-corrected chi connectivity index (χ1v) is 11.5. The molecule has 4 rings (SSSR count). The number of ether oxygens (including phenoxy) is 1. The Labute approximate surface area is 193 Å². The molecular formula is C25H30N4O4. The molecule has 174 valence electrons. The molecule has 2 fully saturated rings. The fourth-order valence-electron chi connectivity index (χ4n) is 4.10. The van der Waals surface area contributed by atoms with Crippen molar-refractivity contribution in [2.24, 2.45) is 0 Å². The maximum Gasteiger partial charge on any atom is 0.253 e. The first-order valence-electron chi connectivity index (χ1n) is 11.5. The molecule has 33 heavy (non-hydrogen) atoms. The third-order valence-corrected chi connectivity index (χ3v) is 5.88. The van der Waals surface area contributed by atoms with E-state index in [1.807, 2.05) is 17.0 Å². The highest BCUT2D eigenvalue weighted by Gasteiger charge is 2.20. The molecule has 8 heteroatoms. The Morgan fingerprint density at radius 1 is 0.939 bits per heavy atom. The Morgan fingerprint density at radius 3 is 2.42 bits per heavy atom. The molecule has 0 spiro atoms. The van der Waals surface area contributed by atoms with E-state index in [0.29, 0.717) is 29.0 Å². The van der Waals surface area contributed by atoms with Crippen molar-refractivity contribution in [3.8, 4) is 0 Å². The van der Waals surface area contributed by atoms with E-state index in [1.54, 1.807) is 36.4 Å². The highest BCUT2D eigenvalue weighted by Crippen LogP contribution is 2.17. The number of carbonyl (C=O) groups excluding carboxylic acids is 3. The molecule has 0 radical (unpaired) electrons. The van der Waals surface area contributed by atoms with Gasteiger partial charge in [0.25, 0.3) is 11.8 Å². The fourth-order valence-corrected chi connectivity index (χ4v) is 4.10. The Balaban J connectivity index is 1.27. The van der Waals surface area contributed by atoms with Gasteiger partial charge in [-0.2, -0.15) is 0 Å². The molecule has 3 amide bonds. The smallest absolute Gasteiger partial charge is 0.253 e. The fraction of sp³-hybridized carbons (Fsp3) is 0.400. The lowest BCUT2D eigenvalue weighted by Gasteiger charge is -2.16. The Kier molecular flexibility index (Phi) is 7.57. The molecule has 0 saturated carbocycles. The molecular weight excluding hydrogens is 420 g/mol. The molecule has 0 bridgehead atoms. The summed E-state index contributed by atoms with van der Waals surface area (Å²) in [4.78, 5) is 39.3. The highest BCUT2D eigenvalue weighted by atomic mass is 16.5. The van der Waals surface area contributed by atoms with E-state index in [2.05, 4.69) is 16.0 Å². The number of hydrogen-bond acceptors (Lipinski definition) is 5. The number of carbonyl (C=O) groups is 3. The van der Waals surface area contributed by atoms with E-state index in [1.165, 1.54) is 0 Å². The second kappa shape index (κ2) is 11.0. The number of amides is 3. The number of hydrogen-bond donors (Lipinski definition) is 3. The Hall–Kier alpha value is -3.39. The van der Waals surface area contributed by atoms with Gasteiger partial charge >= 0.3 is 0 Å². The van der Waals surface area contributed by atoms with Crippen molar-refractivity contribution in [2.45, 2.75) is 31.8 Å². The van der Waals surface area contributed by atoms with Gasteiger partial charge in [-0.15, -0.1) is 0 Å². The maximum atomic E-state index is 12.6.